The summed E-state index contributed by atoms with van der Waals surface area (Å²) >= 11 is 7.48. The van der Waals surface area contributed by atoms with Crippen LogP contribution < -0.4 is 5.32 Å². The molecule has 1 aromatic carbocycles. The van der Waals surface area contributed by atoms with Crippen LogP contribution in [0.4, 0.5) is 4.39 Å². The number of aryl methyl sites for hydroxylation is 1. The van der Waals surface area contributed by atoms with E-state index in [0.29, 0.717) is 5.56 Å². The molecule has 19 heavy (non-hydrogen) atoms. The predicted octanol–water partition coefficient (Wildman–Crippen LogP) is 4.94. The summed E-state index contributed by atoms with van der Waals surface area (Å²) in [5.74, 6) is -0.168. The zero-order valence-electron chi connectivity index (χ0n) is 11.0. The molecule has 0 saturated carbocycles. The molecular formula is C15H17ClFNS. The highest BCUT2D eigenvalue weighted by molar-refractivity contribution is 7.16. The molecule has 102 valence electrons. The Hall–Kier alpha value is -0.900. The third-order valence-electron chi connectivity index (χ3n) is 2.94. The molecule has 1 unspecified atom stereocenters. The molecule has 0 aliphatic rings. The second-order valence-corrected chi connectivity index (χ2v) is 6.30. The van der Waals surface area contributed by atoms with Crippen LogP contribution in [-0.2, 0) is 0 Å². The van der Waals surface area contributed by atoms with Crippen molar-refractivity contribution in [2.24, 2.45) is 0 Å². The van der Waals surface area contributed by atoms with Crippen LogP contribution in [0.2, 0.25) is 4.34 Å². The zero-order valence-corrected chi connectivity index (χ0v) is 12.6. The third-order valence-corrected chi connectivity index (χ3v) is 4.24. The number of benzene rings is 1. The molecule has 1 heterocycles. The van der Waals surface area contributed by atoms with Gasteiger partial charge in [-0.3, -0.25) is 0 Å². The molecule has 2 aromatic rings. The van der Waals surface area contributed by atoms with E-state index < -0.39 is 0 Å². The molecule has 1 N–H and O–H groups in total. The molecule has 0 bridgehead atoms. The molecule has 0 fully saturated rings. The van der Waals surface area contributed by atoms with Gasteiger partial charge in [0.25, 0.3) is 0 Å². The fourth-order valence-corrected chi connectivity index (χ4v) is 3.16. The molecule has 0 aliphatic carbocycles. The van der Waals surface area contributed by atoms with Crippen molar-refractivity contribution in [3.8, 4) is 0 Å². The van der Waals surface area contributed by atoms with E-state index in [9.17, 15) is 4.39 Å². The molecule has 1 atom stereocenters. The summed E-state index contributed by atoms with van der Waals surface area (Å²) in [5, 5.41) is 3.39. The minimum Gasteiger partial charge on any atom is -0.306 e. The molecule has 0 amide bonds. The van der Waals surface area contributed by atoms with Gasteiger partial charge in [0.1, 0.15) is 5.82 Å². The first-order chi connectivity index (χ1) is 9.11. The van der Waals surface area contributed by atoms with Crippen LogP contribution in [-0.4, -0.2) is 6.54 Å². The Morgan fingerprint density at radius 2 is 2.11 bits per heavy atom. The lowest BCUT2D eigenvalue weighted by molar-refractivity contribution is 0.550. The van der Waals surface area contributed by atoms with Gasteiger partial charge in [-0.1, -0.05) is 30.7 Å². The third kappa shape index (κ3) is 3.56. The number of rotatable bonds is 5. The largest absolute Gasteiger partial charge is 0.306 e. The maximum atomic E-state index is 14.2. The van der Waals surface area contributed by atoms with Gasteiger partial charge in [-0.2, -0.15) is 0 Å². The second-order valence-electron chi connectivity index (χ2n) is 4.55. The first-order valence-electron chi connectivity index (χ1n) is 6.36. The second kappa shape index (κ2) is 6.51. The van der Waals surface area contributed by atoms with Crippen LogP contribution in [0.25, 0.3) is 0 Å². The predicted molar refractivity (Wildman–Crippen MR) is 80.6 cm³/mol. The monoisotopic (exact) mass is 297 g/mol. The van der Waals surface area contributed by atoms with E-state index in [1.54, 1.807) is 6.07 Å². The lowest BCUT2D eigenvalue weighted by Gasteiger charge is -2.18. The summed E-state index contributed by atoms with van der Waals surface area (Å²) in [5.41, 5.74) is 1.61. The van der Waals surface area contributed by atoms with Crippen molar-refractivity contribution in [1.82, 2.24) is 5.32 Å². The van der Waals surface area contributed by atoms with Crippen LogP contribution in [0.5, 0.6) is 0 Å². The van der Waals surface area contributed by atoms with E-state index in [1.165, 1.54) is 11.3 Å². The van der Waals surface area contributed by atoms with Crippen LogP contribution in [0.15, 0.2) is 30.3 Å². The summed E-state index contributed by atoms with van der Waals surface area (Å²) in [7, 11) is 0. The maximum Gasteiger partial charge on any atom is 0.128 e. The van der Waals surface area contributed by atoms with Gasteiger partial charge in [-0.15, -0.1) is 11.3 Å². The highest BCUT2D eigenvalue weighted by Crippen LogP contribution is 2.32. The number of halogens is 2. The van der Waals surface area contributed by atoms with Gasteiger partial charge in [0, 0.05) is 10.4 Å². The molecule has 0 spiro atoms. The van der Waals surface area contributed by atoms with Gasteiger partial charge in [-0.25, -0.2) is 4.39 Å². The molecule has 2 rings (SSSR count). The van der Waals surface area contributed by atoms with Gasteiger partial charge >= 0.3 is 0 Å². The molecule has 0 saturated heterocycles. The van der Waals surface area contributed by atoms with Crippen molar-refractivity contribution in [1.29, 1.82) is 0 Å². The summed E-state index contributed by atoms with van der Waals surface area (Å²) in [4.78, 5) is 1.04. The highest BCUT2D eigenvalue weighted by Gasteiger charge is 2.19. The normalized spacial score (nSPS) is 12.6. The average Bonchev–Trinajstić information content (AvgIpc) is 2.78. The van der Waals surface area contributed by atoms with E-state index in [2.05, 4.69) is 12.2 Å². The Morgan fingerprint density at radius 3 is 2.68 bits per heavy atom. The molecular weight excluding hydrogens is 281 g/mol. The van der Waals surface area contributed by atoms with Gasteiger partial charge in [0.15, 0.2) is 0 Å². The molecule has 4 heteroatoms. The maximum absolute atomic E-state index is 14.2. The standard InChI is InChI=1S/C15H17ClFNS/c1-3-8-18-15(13-6-7-14(16)19-13)11-5-4-10(2)9-12(11)17/h4-7,9,15,18H,3,8H2,1-2H3. The number of hydrogen-bond acceptors (Lipinski definition) is 2. The molecule has 0 aliphatic heterocycles. The smallest absolute Gasteiger partial charge is 0.128 e. The Labute approximate surface area is 122 Å². The minimum atomic E-state index is -0.168. The average molecular weight is 298 g/mol. The Kier molecular flexibility index (Phi) is 4.97. The first kappa shape index (κ1) is 14.5. The van der Waals surface area contributed by atoms with Crippen molar-refractivity contribution in [2.45, 2.75) is 26.3 Å². The van der Waals surface area contributed by atoms with E-state index in [0.717, 1.165) is 27.7 Å². The van der Waals surface area contributed by atoms with E-state index in [4.69, 9.17) is 11.6 Å². The van der Waals surface area contributed by atoms with E-state index in [1.807, 2.05) is 31.2 Å². The fourth-order valence-electron chi connectivity index (χ4n) is 2.00. The topological polar surface area (TPSA) is 12.0 Å². The number of thiophene rings is 1. The highest BCUT2D eigenvalue weighted by atomic mass is 35.5. The van der Waals surface area contributed by atoms with Crippen LogP contribution in [0.3, 0.4) is 0 Å². The molecule has 1 nitrogen and oxygen atoms in total. The van der Waals surface area contributed by atoms with Crippen molar-refractivity contribution < 1.29 is 4.39 Å². The van der Waals surface area contributed by atoms with Crippen LogP contribution in [0, 0.1) is 12.7 Å². The number of hydrogen-bond donors (Lipinski definition) is 1. The summed E-state index contributed by atoms with van der Waals surface area (Å²) in [6, 6.07) is 9.05. The summed E-state index contributed by atoms with van der Waals surface area (Å²) in [6.45, 7) is 4.83. The van der Waals surface area contributed by atoms with Crippen LogP contribution >= 0.6 is 22.9 Å². The van der Waals surface area contributed by atoms with Crippen molar-refractivity contribution in [3.05, 3.63) is 56.5 Å². The lowest BCUT2D eigenvalue weighted by Crippen LogP contribution is -2.23. The summed E-state index contributed by atoms with van der Waals surface area (Å²) < 4.78 is 14.9. The first-order valence-corrected chi connectivity index (χ1v) is 7.56. The van der Waals surface area contributed by atoms with Gasteiger partial charge in [0.05, 0.1) is 10.4 Å². The Bertz CT molecular complexity index is 553. The van der Waals surface area contributed by atoms with Crippen molar-refractivity contribution in [2.75, 3.05) is 6.54 Å². The minimum absolute atomic E-state index is 0.127. The van der Waals surface area contributed by atoms with Crippen molar-refractivity contribution in [3.63, 3.8) is 0 Å². The van der Waals surface area contributed by atoms with Gasteiger partial charge in [0.2, 0.25) is 0 Å². The fraction of sp³-hybridized carbons (Fsp3) is 0.333. The van der Waals surface area contributed by atoms with Crippen LogP contribution in [0.1, 0.15) is 35.4 Å². The Balaban J connectivity index is 2.36. The van der Waals surface area contributed by atoms with E-state index >= 15 is 0 Å². The quantitative estimate of drug-likeness (QED) is 0.824. The summed E-state index contributed by atoms with van der Waals surface area (Å²) in [6.07, 6.45) is 1.00. The zero-order chi connectivity index (χ0) is 13.8. The molecule has 1 aromatic heterocycles. The van der Waals surface area contributed by atoms with E-state index in [-0.39, 0.29) is 11.9 Å². The molecule has 0 radical (unpaired) electrons. The SMILES string of the molecule is CCCNC(c1ccc(Cl)s1)c1ccc(C)cc1F. The van der Waals surface area contributed by atoms with Gasteiger partial charge in [-0.05, 0) is 43.7 Å². The van der Waals surface area contributed by atoms with Crippen molar-refractivity contribution >= 4 is 22.9 Å². The Morgan fingerprint density at radius 1 is 1.32 bits per heavy atom. The lowest BCUT2D eigenvalue weighted by atomic mass is 10.0. The van der Waals surface area contributed by atoms with Gasteiger partial charge < -0.3 is 5.32 Å². The number of nitrogens with one attached hydrogen (secondary N) is 1.